The summed E-state index contributed by atoms with van der Waals surface area (Å²) in [5, 5.41) is 6.36. The van der Waals surface area contributed by atoms with Crippen LogP contribution in [0, 0.1) is 12.7 Å². The number of hydrogen-bond donors (Lipinski definition) is 2. The van der Waals surface area contributed by atoms with Gasteiger partial charge in [0.15, 0.2) is 5.96 Å². The largest absolute Gasteiger partial charge is 0.380 e. The summed E-state index contributed by atoms with van der Waals surface area (Å²) in [6.07, 6.45) is 0. The van der Waals surface area contributed by atoms with Gasteiger partial charge < -0.3 is 15.4 Å². The molecule has 0 saturated heterocycles. The molecule has 0 atom stereocenters. The lowest BCUT2D eigenvalue weighted by atomic mass is 10.1. The molecule has 0 saturated carbocycles. The highest BCUT2D eigenvalue weighted by Crippen LogP contribution is 2.09. The van der Waals surface area contributed by atoms with Crippen LogP contribution in [0.3, 0.4) is 0 Å². The van der Waals surface area contributed by atoms with Crippen LogP contribution in [0.15, 0.2) is 23.2 Å². The Balaban J connectivity index is 0.00000400. The van der Waals surface area contributed by atoms with Crippen LogP contribution in [0.4, 0.5) is 4.39 Å². The minimum absolute atomic E-state index is 0. The van der Waals surface area contributed by atoms with Crippen molar-refractivity contribution in [3.63, 3.8) is 0 Å². The molecule has 4 nitrogen and oxygen atoms in total. The summed E-state index contributed by atoms with van der Waals surface area (Å²) in [4.78, 5) is 4.47. The molecule has 0 spiro atoms. The lowest BCUT2D eigenvalue weighted by molar-refractivity contribution is 0.152. The molecular formula is C15H25FIN3O. The highest BCUT2D eigenvalue weighted by molar-refractivity contribution is 14.0. The van der Waals surface area contributed by atoms with E-state index in [1.807, 2.05) is 19.9 Å². The number of nitrogens with one attached hydrogen (secondary N) is 2. The van der Waals surface area contributed by atoms with Crippen LogP contribution in [0.2, 0.25) is 0 Å². The first-order valence-corrected chi connectivity index (χ1v) is 7.02. The van der Waals surface area contributed by atoms with Gasteiger partial charge in [0, 0.05) is 19.7 Å². The smallest absolute Gasteiger partial charge is 0.191 e. The molecule has 0 aliphatic rings. The molecule has 0 heterocycles. The lowest BCUT2D eigenvalue weighted by Gasteiger charge is -2.11. The van der Waals surface area contributed by atoms with Gasteiger partial charge in [-0.05, 0) is 38.0 Å². The fourth-order valence-electron chi connectivity index (χ4n) is 1.70. The Hall–Kier alpha value is -0.890. The standard InChI is InChI=1S/C15H24FN3O.HI/c1-4-17-15(18-8-9-20-5-2)19-11-13-6-7-14(16)12(3)10-13;/h6-7,10H,4-5,8-9,11H2,1-3H3,(H2,17,18,19);1H. The average molecular weight is 409 g/mol. The monoisotopic (exact) mass is 409 g/mol. The van der Waals surface area contributed by atoms with E-state index in [0.29, 0.717) is 31.9 Å². The van der Waals surface area contributed by atoms with E-state index >= 15 is 0 Å². The van der Waals surface area contributed by atoms with Gasteiger partial charge in [-0.15, -0.1) is 24.0 Å². The highest BCUT2D eigenvalue weighted by Gasteiger charge is 2.00. The molecule has 21 heavy (non-hydrogen) atoms. The molecule has 6 heteroatoms. The normalized spacial score (nSPS) is 11.0. The van der Waals surface area contributed by atoms with Crippen molar-refractivity contribution in [2.24, 2.45) is 4.99 Å². The number of benzene rings is 1. The highest BCUT2D eigenvalue weighted by atomic mass is 127. The SMILES string of the molecule is CCNC(=NCc1ccc(F)c(C)c1)NCCOCC.I. The summed E-state index contributed by atoms with van der Waals surface area (Å²) in [7, 11) is 0. The number of halogens is 2. The molecule has 120 valence electrons. The Morgan fingerprint density at radius 1 is 1.29 bits per heavy atom. The van der Waals surface area contributed by atoms with Crippen molar-refractivity contribution in [1.82, 2.24) is 10.6 Å². The second-order valence-corrected chi connectivity index (χ2v) is 4.40. The van der Waals surface area contributed by atoms with Gasteiger partial charge in [-0.2, -0.15) is 0 Å². The van der Waals surface area contributed by atoms with Gasteiger partial charge in [0.25, 0.3) is 0 Å². The van der Waals surface area contributed by atoms with Gasteiger partial charge in [0.2, 0.25) is 0 Å². The van der Waals surface area contributed by atoms with Crippen LogP contribution in [-0.4, -0.2) is 32.3 Å². The van der Waals surface area contributed by atoms with Gasteiger partial charge >= 0.3 is 0 Å². The molecule has 0 amide bonds. The summed E-state index contributed by atoms with van der Waals surface area (Å²) in [6, 6.07) is 5.06. The first-order chi connectivity index (χ1) is 9.67. The second-order valence-electron chi connectivity index (χ2n) is 4.40. The zero-order valence-corrected chi connectivity index (χ0v) is 15.2. The van der Waals surface area contributed by atoms with Crippen LogP contribution >= 0.6 is 24.0 Å². The Labute approximate surface area is 143 Å². The maximum atomic E-state index is 13.2. The summed E-state index contributed by atoms with van der Waals surface area (Å²) in [6.45, 7) is 9.13. The molecule has 0 radical (unpaired) electrons. The third-order valence-electron chi connectivity index (χ3n) is 2.73. The maximum absolute atomic E-state index is 13.2. The van der Waals surface area contributed by atoms with Gasteiger partial charge in [-0.1, -0.05) is 12.1 Å². The van der Waals surface area contributed by atoms with E-state index in [2.05, 4.69) is 15.6 Å². The van der Waals surface area contributed by atoms with Crippen LogP contribution in [0.5, 0.6) is 0 Å². The van der Waals surface area contributed by atoms with Crippen molar-refractivity contribution in [3.8, 4) is 0 Å². The van der Waals surface area contributed by atoms with Crippen molar-refractivity contribution < 1.29 is 9.13 Å². The van der Waals surface area contributed by atoms with Crippen molar-refractivity contribution in [3.05, 3.63) is 35.1 Å². The Bertz CT molecular complexity index is 441. The number of ether oxygens (including phenoxy) is 1. The number of hydrogen-bond acceptors (Lipinski definition) is 2. The number of guanidine groups is 1. The predicted octanol–water partition coefficient (Wildman–Crippen LogP) is 2.84. The van der Waals surface area contributed by atoms with Gasteiger partial charge in [-0.25, -0.2) is 9.38 Å². The molecule has 1 aromatic rings. The molecule has 0 aliphatic heterocycles. The number of aryl methyl sites for hydroxylation is 1. The molecule has 1 rings (SSSR count). The van der Waals surface area contributed by atoms with Crippen molar-refractivity contribution >= 4 is 29.9 Å². The minimum Gasteiger partial charge on any atom is -0.380 e. The predicted molar refractivity (Wildman–Crippen MR) is 95.9 cm³/mol. The number of rotatable bonds is 7. The van der Waals surface area contributed by atoms with Crippen molar-refractivity contribution in [1.29, 1.82) is 0 Å². The van der Waals surface area contributed by atoms with E-state index < -0.39 is 0 Å². The first kappa shape index (κ1) is 20.1. The number of aliphatic imine (C=N–C) groups is 1. The van der Waals surface area contributed by atoms with Crippen LogP contribution in [0.1, 0.15) is 25.0 Å². The fourth-order valence-corrected chi connectivity index (χ4v) is 1.70. The van der Waals surface area contributed by atoms with E-state index in [-0.39, 0.29) is 29.8 Å². The van der Waals surface area contributed by atoms with Gasteiger partial charge in [0.05, 0.1) is 13.2 Å². The fraction of sp³-hybridized carbons (Fsp3) is 0.533. The zero-order valence-electron chi connectivity index (χ0n) is 12.9. The summed E-state index contributed by atoms with van der Waals surface area (Å²) in [5.41, 5.74) is 1.64. The van der Waals surface area contributed by atoms with Crippen LogP contribution in [0.25, 0.3) is 0 Å². The topological polar surface area (TPSA) is 45.7 Å². The molecule has 0 fully saturated rings. The van der Waals surface area contributed by atoms with Crippen LogP contribution < -0.4 is 10.6 Å². The van der Waals surface area contributed by atoms with E-state index in [9.17, 15) is 4.39 Å². The summed E-state index contributed by atoms with van der Waals surface area (Å²) < 4.78 is 18.4. The molecule has 0 unspecified atom stereocenters. The van der Waals surface area contributed by atoms with Crippen LogP contribution in [-0.2, 0) is 11.3 Å². The Morgan fingerprint density at radius 3 is 2.67 bits per heavy atom. The number of nitrogens with zero attached hydrogens (tertiary/aromatic N) is 1. The van der Waals surface area contributed by atoms with E-state index in [4.69, 9.17) is 4.74 Å². The molecule has 0 bridgehead atoms. The molecule has 1 aromatic carbocycles. The molecule has 2 N–H and O–H groups in total. The van der Waals surface area contributed by atoms with E-state index in [1.54, 1.807) is 13.0 Å². The Kier molecular flexibility index (Phi) is 11.2. The summed E-state index contributed by atoms with van der Waals surface area (Å²) in [5.74, 6) is 0.564. The van der Waals surface area contributed by atoms with Gasteiger partial charge in [-0.3, -0.25) is 0 Å². The van der Waals surface area contributed by atoms with Crippen molar-refractivity contribution in [2.75, 3.05) is 26.3 Å². The molecule has 0 aliphatic carbocycles. The van der Waals surface area contributed by atoms with Crippen molar-refractivity contribution in [2.45, 2.75) is 27.3 Å². The van der Waals surface area contributed by atoms with E-state index in [0.717, 1.165) is 18.1 Å². The van der Waals surface area contributed by atoms with Gasteiger partial charge in [0.1, 0.15) is 5.82 Å². The third kappa shape index (κ3) is 8.21. The average Bonchev–Trinajstić information content (AvgIpc) is 2.44. The third-order valence-corrected chi connectivity index (χ3v) is 2.73. The Morgan fingerprint density at radius 2 is 2.05 bits per heavy atom. The second kappa shape index (κ2) is 11.7. The first-order valence-electron chi connectivity index (χ1n) is 7.02. The lowest BCUT2D eigenvalue weighted by Crippen LogP contribution is -2.39. The summed E-state index contributed by atoms with van der Waals surface area (Å²) >= 11 is 0. The zero-order chi connectivity index (χ0) is 14.8. The molecular weight excluding hydrogens is 384 g/mol. The quantitative estimate of drug-likeness (QED) is 0.315. The molecule has 0 aromatic heterocycles. The maximum Gasteiger partial charge on any atom is 0.191 e. The van der Waals surface area contributed by atoms with E-state index in [1.165, 1.54) is 6.07 Å². The minimum atomic E-state index is -0.181.